The molecule has 0 atom stereocenters. The molecule has 0 saturated carbocycles. The molecule has 25 heavy (non-hydrogen) atoms. The van der Waals surface area contributed by atoms with Gasteiger partial charge in [0.15, 0.2) is 0 Å². The van der Waals surface area contributed by atoms with Crippen LogP contribution in [0.2, 0.25) is 0 Å². The molecule has 0 radical (unpaired) electrons. The molecule has 0 aromatic heterocycles. The molecule has 1 fully saturated rings. The quantitative estimate of drug-likeness (QED) is 0.843. The maximum Gasteiger partial charge on any atom is 0.331 e. The van der Waals surface area contributed by atoms with Crippen LogP contribution < -0.4 is 8.61 Å². The Morgan fingerprint density at radius 3 is 2.12 bits per heavy atom. The molecule has 2 aromatic rings. The summed E-state index contributed by atoms with van der Waals surface area (Å²) in [4.78, 5) is 2.37. The summed E-state index contributed by atoms with van der Waals surface area (Å²) in [5.41, 5.74) is 2.17. The molecule has 132 valence electrons. The van der Waals surface area contributed by atoms with Gasteiger partial charge in [-0.05, 0) is 50.2 Å². The largest absolute Gasteiger partial charge is 0.331 e. The third-order valence-corrected chi connectivity index (χ3v) is 6.74. The highest BCUT2D eigenvalue weighted by molar-refractivity contribution is 7.95. The van der Waals surface area contributed by atoms with Crippen molar-refractivity contribution in [2.24, 2.45) is 0 Å². The summed E-state index contributed by atoms with van der Waals surface area (Å²) in [5.74, 6) is 0. The maximum atomic E-state index is 13.3. The Hall–Kier alpha value is -2.05. The molecule has 2 aliphatic heterocycles. The van der Waals surface area contributed by atoms with Crippen LogP contribution in [0.3, 0.4) is 0 Å². The molecule has 1 saturated heterocycles. The molecule has 0 spiro atoms. The van der Waals surface area contributed by atoms with Crippen molar-refractivity contribution in [1.29, 1.82) is 0 Å². The molecule has 0 aliphatic carbocycles. The van der Waals surface area contributed by atoms with Crippen molar-refractivity contribution in [1.82, 2.24) is 4.90 Å². The highest BCUT2D eigenvalue weighted by Crippen LogP contribution is 2.44. The summed E-state index contributed by atoms with van der Waals surface area (Å²) in [7, 11) is -3.60. The fraction of sp³-hybridized carbons (Fsp3) is 0.368. The van der Waals surface area contributed by atoms with Crippen LogP contribution in [0.15, 0.2) is 54.6 Å². The number of likely N-dealkylation sites (tertiary alicyclic amines) is 1. The van der Waals surface area contributed by atoms with Gasteiger partial charge in [-0.15, -0.1) is 0 Å². The lowest BCUT2D eigenvalue weighted by Crippen LogP contribution is -2.41. The molecular formula is C19H23N3O2S. The fourth-order valence-electron chi connectivity index (χ4n) is 3.68. The van der Waals surface area contributed by atoms with Crippen molar-refractivity contribution >= 4 is 27.3 Å². The van der Waals surface area contributed by atoms with Gasteiger partial charge in [0.05, 0.1) is 17.1 Å². The number of hydrogen-bond acceptors (Lipinski definition) is 3. The second-order valence-corrected chi connectivity index (χ2v) is 8.27. The number of piperidine rings is 1. The molecule has 0 N–H and O–H groups in total. The predicted molar refractivity (Wildman–Crippen MR) is 102 cm³/mol. The fourth-order valence-corrected chi connectivity index (χ4v) is 5.38. The van der Waals surface area contributed by atoms with E-state index in [2.05, 4.69) is 4.90 Å². The third-order valence-electron chi connectivity index (χ3n) is 4.94. The predicted octanol–water partition coefficient (Wildman–Crippen LogP) is 3.38. The zero-order chi connectivity index (χ0) is 17.3. The van der Waals surface area contributed by atoms with Crippen molar-refractivity contribution in [2.75, 3.05) is 34.8 Å². The van der Waals surface area contributed by atoms with E-state index in [0.29, 0.717) is 12.2 Å². The van der Waals surface area contributed by atoms with Gasteiger partial charge in [-0.3, -0.25) is 0 Å². The van der Waals surface area contributed by atoms with E-state index in [0.717, 1.165) is 31.0 Å². The van der Waals surface area contributed by atoms with Crippen LogP contribution in [0.5, 0.6) is 0 Å². The SMILES string of the molecule is O=S1(=O)N(CCN2CCCCC2)c2ccccc2N1c1ccccc1. The molecule has 5 nitrogen and oxygen atoms in total. The minimum absolute atomic E-state index is 0.489. The average molecular weight is 357 g/mol. The molecule has 2 heterocycles. The number of anilines is 3. The summed E-state index contributed by atoms with van der Waals surface area (Å²) in [5, 5.41) is 0. The van der Waals surface area contributed by atoms with Crippen molar-refractivity contribution in [3.63, 3.8) is 0 Å². The summed E-state index contributed by atoms with van der Waals surface area (Å²) in [6.45, 7) is 3.40. The standard InChI is InChI=1S/C19H23N3O2S/c23-25(24)21(16-15-20-13-7-2-8-14-20)18-11-5-6-12-19(18)22(25)17-9-3-1-4-10-17/h1,3-6,9-12H,2,7-8,13-16H2. The molecule has 0 bridgehead atoms. The number of nitrogens with zero attached hydrogens (tertiary/aromatic N) is 3. The molecule has 6 heteroatoms. The van der Waals surface area contributed by atoms with E-state index in [1.165, 1.54) is 23.6 Å². The van der Waals surface area contributed by atoms with Crippen molar-refractivity contribution in [3.8, 4) is 0 Å². The Morgan fingerprint density at radius 2 is 1.40 bits per heavy atom. The van der Waals surface area contributed by atoms with Crippen LogP contribution in [-0.2, 0) is 10.2 Å². The number of para-hydroxylation sites is 3. The van der Waals surface area contributed by atoms with E-state index >= 15 is 0 Å². The first-order valence-corrected chi connectivity index (χ1v) is 10.3. The molecule has 2 aromatic carbocycles. The molecular weight excluding hydrogens is 334 g/mol. The van der Waals surface area contributed by atoms with E-state index < -0.39 is 10.2 Å². The Balaban J connectivity index is 1.65. The second-order valence-electron chi connectivity index (χ2n) is 6.57. The van der Waals surface area contributed by atoms with Gasteiger partial charge in [-0.1, -0.05) is 36.8 Å². The molecule has 2 aliphatic rings. The van der Waals surface area contributed by atoms with Gasteiger partial charge in [0.2, 0.25) is 0 Å². The van der Waals surface area contributed by atoms with Gasteiger partial charge in [0.25, 0.3) is 0 Å². The molecule has 0 amide bonds. The van der Waals surface area contributed by atoms with E-state index in [4.69, 9.17) is 0 Å². The van der Waals surface area contributed by atoms with E-state index in [1.807, 2.05) is 54.6 Å². The van der Waals surface area contributed by atoms with Gasteiger partial charge in [0, 0.05) is 13.1 Å². The lowest BCUT2D eigenvalue weighted by Gasteiger charge is -2.29. The summed E-state index contributed by atoms with van der Waals surface area (Å²) in [6.07, 6.45) is 3.70. The monoisotopic (exact) mass is 357 g/mol. The van der Waals surface area contributed by atoms with Crippen LogP contribution in [-0.4, -0.2) is 39.5 Å². The van der Waals surface area contributed by atoms with Gasteiger partial charge in [-0.2, -0.15) is 8.42 Å². The van der Waals surface area contributed by atoms with Crippen molar-refractivity contribution in [2.45, 2.75) is 19.3 Å². The smallest absolute Gasteiger partial charge is 0.302 e. The number of hydrogen-bond donors (Lipinski definition) is 0. The Bertz CT molecular complexity index is 833. The van der Waals surface area contributed by atoms with Crippen molar-refractivity contribution < 1.29 is 8.42 Å². The number of fused-ring (bicyclic) bond motifs is 1. The number of benzene rings is 2. The van der Waals surface area contributed by atoms with E-state index in [-0.39, 0.29) is 0 Å². The zero-order valence-electron chi connectivity index (χ0n) is 14.2. The second kappa shape index (κ2) is 6.69. The lowest BCUT2D eigenvalue weighted by atomic mass is 10.1. The lowest BCUT2D eigenvalue weighted by molar-refractivity contribution is 0.235. The highest BCUT2D eigenvalue weighted by Gasteiger charge is 2.40. The van der Waals surface area contributed by atoms with E-state index in [1.54, 1.807) is 4.31 Å². The average Bonchev–Trinajstić information content (AvgIpc) is 2.87. The molecule has 4 rings (SSSR count). The van der Waals surface area contributed by atoms with Crippen LogP contribution in [0, 0.1) is 0 Å². The summed E-state index contributed by atoms with van der Waals surface area (Å²) >= 11 is 0. The Kier molecular flexibility index (Phi) is 4.39. The first kappa shape index (κ1) is 16.4. The van der Waals surface area contributed by atoms with Gasteiger partial charge in [-0.25, -0.2) is 8.61 Å². The minimum Gasteiger partial charge on any atom is -0.302 e. The van der Waals surface area contributed by atoms with Gasteiger partial charge >= 0.3 is 10.2 Å². The van der Waals surface area contributed by atoms with Gasteiger partial charge < -0.3 is 4.90 Å². The summed E-state index contributed by atoms with van der Waals surface area (Å²) in [6, 6.07) is 16.9. The molecule has 0 unspecified atom stereocenters. The topological polar surface area (TPSA) is 43.9 Å². The van der Waals surface area contributed by atoms with Gasteiger partial charge in [0.1, 0.15) is 0 Å². The third kappa shape index (κ3) is 3.00. The van der Waals surface area contributed by atoms with Crippen LogP contribution in [0.4, 0.5) is 17.1 Å². The van der Waals surface area contributed by atoms with Crippen LogP contribution in [0.25, 0.3) is 0 Å². The first-order valence-electron chi connectivity index (χ1n) is 8.87. The number of rotatable bonds is 4. The van der Waals surface area contributed by atoms with E-state index in [9.17, 15) is 8.42 Å². The van der Waals surface area contributed by atoms with Crippen LogP contribution >= 0.6 is 0 Å². The highest BCUT2D eigenvalue weighted by atomic mass is 32.2. The minimum atomic E-state index is -3.60. The van der Waals surface area contributed by atoms with Crippen molar-refractivity contribution in [3.05, 3.63) is 54.6 Å². The normalized spacial score (nSPS) is 19.8. The Labute approximate surface area is 149 Å². The summed E-state index contributed by atoms with van der Waals surface area (Å²) < 4.78 is 29.5. The zero-order valence-corrected chi connectivity index (χ0v) is 15.0. The maximum absolute atomic E-state index is 13.3. The first-order chi connectivity index (χ1) is 12.2. The Morgan fingerprint density at radius 1 is 0.760 bits per heavy atom. The van der Waals surface area contributed by atoms with Crippen LogP contribution in [0.1, 0.15) is 19.3 Å².